The highest BCUT2D eigenvalue weighted by Crippen LogP contribution is 2.26. The van der Waals surface area contributed by atoms with Gasteiger partial charge in [0.1, 0.15) is 5.25 Å². The number of rotatable bonds is 6. The molecule has 0 bridgehead atoms. The van der Waals surface area contributed by atoms with Gasteiger partial charge < -0.3 is 4.74 Å². The molecule has 1 aromatic rings. The van der Waals surface area contributed by atoms with Crippen LogP contribution in [0.2, 0.25) is 0 Å². The molecule has 4 heteroatoms. The fraction of sp³-hybridized carbons (Fsp3) is 0.562. The zero-order chi connectivity index (χ0) is 14.5. The van der Waals surface area contributed by atoms with E-state index in [-0.39, 0.29) is 5.97 Å². The van der Waals surface area contributed by atoms with Crippen LogP contribution in [0.15, 0.2) is 23.1 Å². The van der Waals surface area contributed by atoms with Gasteiger partial charge in [-0.1, -0.05) is 19.4 Å². The van der Waals surface area contributed by atoms with E-state index in [0.29, 0.717) is 13.0 Å². The number of carbonyl (C=O) groups is 1. The van der Waals surface area contributed by atoms with E-state index in [0.717, 1.165) is 24.2 Å². The molecule has 0 N–H and O–H groups in total. The number of hydrogen-bond acceptors (Lipinski definition) is 3. The fourth-order valence-electron chi connectivity index (χ4n) is 2.65. The lowest BCUT2D eigenvalue weighted by atomic mass is 10.1. The minimum Gasteiger partial charge on any atom is -0.465 e. The maximum absolute atomic E-state index is 12.7. The van der Waals surface area contributed by atoms with E-state index in [1.165, 1.54) is 17.5 Å². The predicted octanol–water partition coefficient (Wildman–Crippen LogP) is 3.01. The van der Waals surface area contributed by atoms with Crippen molar-refractivity contribution in [1.82, 2.24) is 0 Å². The molecule has 3 nitrogen and oxygen atoms in total. The van der Waals surface area contributed by atoms with Crippen LogP contribution in [0.4, 0.5) is 0 Å². The molecule has 110 valence electrons. The minimum atomic E-state index is -1.32. The number of ether oxygens (including phenoxy) is 1. The third kappa shape index (κ3) is 3.29. The van der Waals surface area contributed by atoms with Gasteiger partial charge in [0, 0.05) is 4.90 Å². The summed E-state index contributed by atoms with van der Waals surface area (Å²) in [4.78, 5) is 12.7. The molecule has 0 saturated carbocycles. The summed E-state index contributed by atoms with van der Waals surface area (Å²) in [6, 6.07) is 5.98. The Labute approximate surface area is 123 Å². The summed E-state index contributed by atoms with van der Waals surface area (Å²) in [5, 5.41) is -0.542. The summed E-state index contributed by atoms with van der Waals surface area (Å²) < 4.78 is 17.7. The molecule has 0 amide bonds. The van der Waals surface area contributed by atoms with Crippen molar-refractivity contribution in [3.63, 3.8) is 0 Å². The Hall–Kier alpha value is -1.16. The Morgan fingerprint density at radius 3 is 2.75 bits per heavy atom. The van der Waals surface area contributed by atoms with Crippen molar-refractivity contribution in [2.24, 2.45) is 0 Å². The Bertz CT molecular complexity index is 510. The Morgan fingerprint density at radius 1 is 1.30 bits per heavy atom. The second-order valence-corrected chi connectivity index (χ2v) is 6.75. The summed E-state index contributed by atoms with van der Waals surface area (Å²) in [6.07, 6.45) is 4.75. The molecule has 2 unspecified atom stereocenters. The van der Waals surface area contributed by atoms with Crippen LogP contribution in [-0.2, 0) is 33.2 Å². The van der Waals surface area contributed by atoms with Crippen LogP contribution in [0.3, 0.4) is 0 Å². The van der Waals surface area contributed by atoms with Gasteiger partial charge in [0.25, 0.3) is 0 Å². The van der Waals surface area contributed by atoms with Crippen molar-refractivity contribution in [3.8, 4) is 0 Å². The molecule has 2 rings (SSSR count). The number of fused-ring (bicyclic) bond motifs is 1. The lowest BCUT2D eigenvalue weighted by Gasteiger charge is -2.15. The zero-order valence-electron chi connectivity index (χ0n) is 12.2. The summed E-state index contributed by atoms with van der Waals surface area (Å²) in [7, 11) is -1.32. The first-order valence-electron chi connectivity index (χ1n) is 7.36. The molecule has 1 aliphatic carbocycles. The van der Waals surface area contributed by atoms with E-state index in [4.69, 9.17) is 4.74 Å². The predicted molar refractivity (Wildman–Crippen MR) is 80.2 cm³/mol. The summed E-state index contributed by atoms with van der Waals surface area (Å²) in [5.41, 5.74) is 2.64. The summed E-state index contributed by atoms with van der Waals surface area (Å²) >= 11 is 0. The third-order valence-corrected chi connectivity index (χ3v) is 5.32. The van der Waals surface area contributed by atoms with Gasteiger partial charge in [-0.3, -0.25) is 9.00 Å². The fourth-order valence-corrected chi connectivity index (χ4v) is 4.13. The van der Waals surface area contributed by atoms with Crippen molar-refractivity contribution >= 4 is 16.8 Å². The van der Waals surface area contributed by atoms with E-state index in [9.17, 15) is 9.00 Å². The molecule has 0 heterocycles. The van der Waals surface area contributed by atoms with Crippen LogP contribution in [0.5, 0.6) is 0 Å². The van der Waals surface area contributed by atoms with Gasteiger partial charge in [-0.2, -0.15) is 0 Å². The van der Waals surface area contributed by atoms with E-state index < -0.39 is 16.0 Å². The molecule has 1 aromatic carbocycles. The second kappa shape index (κ2) is 7.02. The van der Waals surface area contributed by atoms with Crippen LogP contribution in [0.25, 0.3) is 0 Å². The van der Waals surface area contributed by atoms with Gasteiger partial charge in [-0.25, -0.2) is 0 Å². The monoisotopic (exact) mass is 294 g/mol. The van der Waals surface area contributed by atoms with Crippen LogP contribution in [0.1, 0.15) is 44.2 Å². The Kier molecular flexibility index (Phi) is 5.35. The maximum atomic E-state index is 12.7. The van der Waals surface area contributed by atoms with Gasteiger partial charge >= 0.3 is 5.97 Å². The topological polar surface area (TPSA) is 43.4 Å². The number of hydrogen-bond donors (Lipinski definition) is 0. The molecule has 20 heavy (non-hydrogen) atoms. The third-order valence-electron chi connectivity index (χ3n) is 3.66. The molecule has 1 aliphatic rings. The standard InChI is InChI=1S/C16H22O3S/c1-3-6-15(16(17)19-4-2)20(18)14-10-9-12-7-5-8-13(12)11-14/h9-11,15H,3-8H2,1-2H3. The van der Waals surface area contributed by atoms with Crippen molar-refractivity contribution in [2.75, 3.05) is 6.61 Å². The van der Waals surface area contributed by atoms with Crippen LogP contribution < -0.4 is 0 Å². The van der Waals surface area contributed by atoms with Crippen molar-refractivity contribution in [2.45, 2.75) is 56.1 Å². The van der Waals surface area contributed by atoms with E-state index in [1.807, 2.05) is 19.1 Å². The minimum absolute atomic E-state index is 0.334. The average Bonchev–Trinajstić information content (AvgIpc) is 2.91. The Morgan fingerprint density at radius 2 is 2.05 bits per heavy atom. The number of carbonyl (C=O) groups excluding carboxylic acids is 1. The van der Waals surface area contributed by atoms with E-state index in [1.54, 1.807) is 6.92 Å². The van der Waals surface area contributed by atoms with Crippen LogP contribution in [0, 0.1) is 0 Å². The molecule has 0 radical (unpaired) electrons. The lowest BCUT2D eigenvalue weighted by Crippen LogP contribution is -2.28. The van der Waals surface area contributed by atoms with Gasteiger partial charge in [-0.05, 0) is 55.9 Å². The van der Waals surface area contributed by atoms with Crippen LogP contribution >= 0.6 is 0 Å². The lowest BCUT2D eigenvalue weighted by molar-refractivity contribution is -0.142. The largest absolute Gasteiger partial charge is 0.465 e. The van der Waals surface area contributed by atoms with Crippen molar-refractivity contribution in [3.05, 3.63) is 29.3 Å². The van der Waals surface area contributed by atoms with E-state index in [2.05, 4.69) is 6.07 Å². The van der Waals surface area contributed by atoms with Gasteiger partial charge in [-0.15, -0.1) is 0 Å². The molecule has 0 fully saturated rings. The molecule has 0 saturated heterocycles. The highest BCUT2D eigenvalue weighted by molar-refractivity contribution is 7.86. The Balaban J connectivity index is 2.20. The first-order chi connectivity index (χ1) is 9.67. The molecule has 0 aromatic heterocycles. The zero-order valence-corrected chi connectivity index (χ0v) is 13.0. The van der Waals surface area contributed by atoms with Crippen molar-refractivity contribution < 1.29 is 13.7 Å². The van der Waals surface area contributed by atoms with Crippen molar-refractivity contribution in [1.29, 1.82) is 0 Å². The summed E-state index contributed by atoms with van der Waals surface area (Å²) in [6.45, 7) is 4.10. The van der Waals surface area contributed by atoms with Crippen LogP contribution in [-0.4, -0.2) is 22.0 Å². The van der Waals surface area contributed by atoms with Gasteiger partial charge in [0.15, 0.2) is 0 Å². The molecular weight excluding hydrogens is 272 g/mol. The molecule has 0 aliphatic heterocycles. The highest BCUT2D eigenvalue weighted by Gasteiger charge is 2.27. The quantitative estimate of drug-likeness (QED) is 0.758. The van der Waals surface area contributed by atoms with Gasteiger partial charge in [0.2, 0.25) is 0 Å². The second-order valence-electron chi connectivity index (χ2n) is 5.11. The normalized spacial score (nSPS) is 16.5. The number of esters is 1. The van der Waals surface area contributed by atoms with E-state index >= 15 is 0 Å². The SMILES string of the molecule is CCCC(C(=O)OCC)S(=O)c1ccc2c(c1)CCC2. The maximum Gasteiger partial charge on any atom is 0.322 e. The molecule has 0 spiro atoms. The number of benzene rings is 1. The molecular formula is C16H22O3S. The van der Waals surface area contributed by atoms with Gasteiger partial charge in [0.05, 0.1) is 17.4 Å². The summed E-state index contributed by atoms with van der Waals surface area (Å²) in [5.74, 6) is -0.340. The smallest absolute Gasteiger partial charge is 0.322 e. The first kappa shape index (κ1) is 15.2. The highest BCUT2D eigenvalue weighted by atomic mass is 32.2. The number of aryl methyl sites for hydroxylation is 2. The molecule has 2 atom stereocenters. The first-order valence-corrected chi connectivity index (χ1v) is 8.57. The average molecular weight is 294 g/mol.